The van der Waals surface area contributed by atoms with E-state index in [0.717, 1.165) is 5.56 Å². The van der Waals surface area contributed by atoms with Crippen molar-refractivity contribution in [1.82, 2.24) is 4.98 Å². The van der Waals surface area contributed by atoms with E-state index >= 15 is 0 Å². The maximum absolute atomic E-state index is 13.4. The molecule has 1 aromatic heterocycles. The Morgan fingerprint density at radius 1 is 1.44 bits per heavy atom. The first-order valence-corrected chi connectivity index (χ1v) is 5.80. The van der Waals surface area contributed by atoms with Crippen LogP contribution in [0.1, 0.15) is 5.56 Å². The number of rotatable bonds is 3. The lowest BCUT2D eigenvalue weighted by atomic mass is 10.2. The Bertz CT molecular complexity index is 545. The molecular weight excluding hydrogens is 253 g/mol. The fourth-order valence-corrected chi connectivity index (χ4v) is 1.91. The zero-order chi connectivity index (χ0) is 13.1. The minimum atomic E-state index is -0.473. The maximum Gasteiger partial charge on any atom is 0.144 e. The van der Waals surface area contributed by atoms with Crippen molar-refractivity contribution in [2.24, 2.45) is 0 Å². The molecule has 5 heteroatoms. The molecule has 0 aliphatic carbocycles. The van der Waals surface area contributed by atoms with E-state index in [1.54, 1.807) is 12.4 Å². The molecule has 2 N–H and O–H groups in total. The number of pyridine rings is 1. The number of anilines is 2. The van der Waals surface area contributed by atoms with E-state index in [2.05, 4.69) is 4.98 Å². The lowest BCUT2D eigenvalue weighted by molar-refractivity contribution is 0.628. The highest BCUT2D eigenvalue weighted by molar-refractivity contribution is 6.31. The zero-order valence-electron chi connectivity index (χ0n) is 9.90. The smallest absolute Gasteiger partial charge is 0.144 e. The number of hydrogen-bond donors (Lipinski definition) is 1. The Kier molecular flexibility index (Phi) is 3.67. The fraction of sp³-hybridized carbons (Fsp3) is 0.154. The molecule has 0 aliphatic rings. The summed E-state index contributed by atoms with van der Waals surface area (Å²) in [4.78, 5) is 5.89. The van der Waals surface area contributed by atoms with Crippen molar-refractivity contribution in [3.63, 3.8) is 0 Å². The van der Waals surface area contributed by atoms with Crippen LogP contribution in [0.2, 0.25) is 5.02 Å². The van der Waals surface area contributed by atoms with E-state index in [1.807, 2.05) is 24.1 Å². The van der Waals surface area contributed by atoms with Crippen LogP contribution >= 0.6 is 11.6 Å². The molecule has 0 aliphatic heterocycles. The van der Waals surface area contributed by atoms with Crippen molar-refractivity contribution in [2.45, 2.75) is 6.54 Å². The summed E-state index contributed by atoms with van der Waals surface area (Å²) < 4.78 is 13.4. The minimum Gasteiger partial charge on any atom is -0.397 e. The third-order valence-corrected chi connectivity index (χ3v) is 2.91. The van der Waals surface area contributed by atoms with Gasteiger partial charge in [0.2, 0.25) is 0 Å². The van der Waals surface area contributed by atoms with Crippen LogP contribution in [0, 0.1) is 5.82 Å². The van der Waals surface area contributed by atoms with Gasteiger partial charge in [-0.2, -0.15) is 0 Å². The van der Waals surface area contributed by atoms with Gasteiger partial charge in [0.05, 0.1) is 16.4 Å². The number of nitrogen functional groups attached to an aromatic ring is 1. The summed E-state index contributed by atoms with van der Waals surface area (Å²) in [6, 6.07) is 6.57. The van der Waals surface area contributed by atoms with Crippen molar-refractivity contribution in [2.75, 3.05) is 17.7 Å². The highest BCUT2D eigenvalue weighted by atomic mass is 35.5. The van der Waals surface area contributed by atoms with Crippen LogP contribution < -0.4 is 10.6 Å². The molecule has 0 radical (unpaired) electrons. The number of halogens is 2. The molecule has 0 saturated carbocycles. The van der Waals surface area contributed by atoms with Gasteiger partial charge in [-0.25, -0.2) is 4.39 Å². The average Bonchev–Trinajstić information content (AvgIpc) is 2.35. The topological polar surface area (TPSA) is 42.2 Å². The summed E-state index contributed by atoms with van der Waals surface area (Å²) in [5.41, 5.74) is 7.92. The number of nitrogens with two attached hydrogens (primary N) is 1. The van der Waals surface area contributed by atoms with E-state index in [0.29, 0.717) is 17.9 Å². The average molecular weight is 266 g/mol. The van der Waals surface area contributed by atoms with Gasteiger partial charge in [0.1, 0.15) is 5.82 Å². The van der Waals surface area contributed by atoms with Crippen molar-refractivity contribution in [1.29, 1.82) is 0 Å². The quantitative estimate of drug-likeness (QED) is 0.867. The molecule has 1 heterocycles. The van der Waals surface area contributed by atoms with Gasteiger partial charge >= 0.3 is 0 Å². The third kappa shape index (κ3) is 2.71. The Balaban J connectivity index is 2.24. The van der Waals surface area contributed by atoms with Crippen LogP contribution in [-0.4, -0.2) is 12.0 Å². The Labute approximate surface area is 110 Å². The predicted molar refractivity (Wildman–Crippen MR) is 72.2 cm³/mol. The lowest BCUT2D eigenvalue weighted by Gasteiger charge is -2.21. The molecule has 0 saturated heterocycles. The highest BCUT2D eigenvalue weighted by Gasteiger charge is 2.10. The lowest BCUT2D eigenvalue weighted by Crippen LogP contribution is -2.18. The minimum absolute atomic E-state index is 0.0334. The molecule has 0 bridgehead atoms. The molecule has 1 aromatic carbocycles. The molecule has 0 spiro atoms. The first kappa shape index (κ1) is 12.6. The molecular formula is C13H13ClFN3. The fourth-order valence-electron chi connectivity index (χ4n) is 1.73. The summed E-state index contributed by atoms with van der Waals surface area (Å²) in [6.45, 7) is 0.596. The van der Waals surface area contributed by atoms with Crippen LogP contribution in [0.4, 0.5) is 15.8 Å². The molecule has 18 heavy (non-hydrogen) atoms. The van der Waals surface area contributed by atoms with Gasteiger partial charge in [-0.15, -0.1) is 0 Å². The molecule has 94 valence electrons. The molecule has 0 unspecified atom stereocenters. The summed E-state index contributed by atoms with van der Waals surface area (Å²) in [5, 5.41) is 0.0334. The molecule has 3 nitrogen and oxygen atoms in total. The second-order valence-electron chi connectivity index (χ2n) is 4.04. The van der Waals surface area contributed by atoms with Crippen LogP contribution in [0.3, 0.4) is 0 Å². The van der Waals surface area contributed by atoms with Gasteiger partial charge in [0.15, 0.2) is 0 Å². The van der Waals surface area contributed by atoms with E-state index in [-0.39, 0.29) is 5.02 Å². The third-order valence-electron chi connectivity index (χ3n) is 2.62. The molecule has 2 aromatic rings. The van der Waals surface area contributed by atoms with E-state index in [1.165, 1.54) is 12.1 Å². The van der Waals surface area contributed by atoms with Gasteiger partial charge in [-0.1, -0.05) is 17.7 Å². The number of aromatic nitrogens is 1. The van der Waals surface area contributed by atoms with E-state index < -0.39 is 5.82 Å². The Morgan fingerprint density at radius 2 is 2.22 bits per heavy atom. The van der Waals surface area contributed by atoms with E-state index in [4.69, 9.17) is 17.3 Å². The van der Waals surface area contributed by atoms with Crippen molar-refractivity contribution in [3.8, 4) is 0 Å². The SMILES string of the molecule is CN(Cc1cccnc1)c1cc(F)c(Cl)cc1N. The first-order valence-electron chi connectivity index (χ1n) is 5.42. The zero-order valence-corrected chi connectivity index (χ0v) is 10.7. The normalized spacial score (nSPS) is 10.4. The van der Waals surface area contributed by atoms with Crippen molar-refractivity contribution >= 4 is 23.0 Å². The van der Waals surface area contributed by atoms with Gasteiger partial charge in [0, 0.05) is 32.1 Å². The van der Waals surface area contributed by atoms with Crippen LogP contribution in [-0.2, 0) is 6.54 Å². The van der Waals surface area contributed by atoms with Gasteiger partial charge in [0.25, 0.3) is 0 Å². The van der Waals surface area contributed by atoms with Crippen molar-refractivity contribution < 1.29 is 4.39 Å². The van der Waals surface area contributed by atoms with Crippen LogP contribution in [0.25, 0.3) is 0 Å². The first-order chi connectivity index (χ1) is 8.58. The van der Waals surface area contributed by atoms with Gasteiger partial charge < -0.3 is 10.6 Å². The largest absolute Gasteiger partial charge is 0.397 e. The summed E-state index contributed by atoms with van der Waals surface area (Å²) in [6.07, 6.45) is 3.47. The second-order valence-corrected chi connectivity index (χ2v) is 4.45. The standard InChI is InChI=1S/C13H13ClFN3/c1-18(8-9-3-2-4-17-7-9)13-6-11(15)10(14)5-12(13)16/h2-7H,8,16H2,1H3. The Morgan fingerprint density at radius 3 is 2.89 bits per heavy atom. The monoisotopic (exact) mass is 265 g/mol. The second kappa shape index (κ2) is 5.23. The molecule has 0 fully saturated rings. The Hall–Kier alpha value is -1.81. The van der Waals surface area contributed by atoms with Crippen LogP contribution in [0.15, 0.2) is 36.7 Å². The summed E-state index contributed by atoms with van der Waals surface area (Å²) in [5.74, 6) is -0.473. The van der Waals surface area contributed by atoms with Gasteiger partial charge in [-0.3, -0.25) is 4.98 Å². The van der Waals surface area contributed by atoms with Crippen LogP contribution in [0.5, 0.6) is 0 Å². The molecule has 0 amide bonds. The molecule has 0 atom stereocenters. The maximum atomic E-state index is 13.4. The number of hydrogen-bond acceptors (Lipinski definition) is 3. The summed E-state index contributed by atoms with van der Waals surface area (Å²) in [7, 11) is 1.84. The number of benzene rings is 1. The van der Waals surface area contributed by atoms with Gasteiger partial charge in [-0.05, 0) is 17.7 Å². The highest BCUT2D eigenvalue weighted by Crippen LogP contribution is 2.29. The summed E-state index contributed by atoms with van der Waals surface area (Å²) >= 11 is 5.67. The van der Waals surface area contributed by atoms with Crippen molar-refractivity contribution in [3.05, 3.63) is 53.1 Å². The van der Waals surface area contributed by atoms with E-state index in [9.17, 15) is 4.39 Å². The molecule has 2 rings (SSSR count). The predicted octanol–water partition coefficient (Wildman–Crippen LogP) is 3.09. The number of nitrogens with zero attached hydrogens (tertiary/aromatic N) is 2.